The zero-order valence-corrected chi connectivity index (χ0v) is 13.9. The quantitative estimate of drug-likeness (QED) is 0.831. The first-order valence-corrected chi connectivity index (χ1v) is 7.99. The number of nitrogens with one attached hydrogen (secondary N) is 1. The summed E-state index contributed by atoms with van der Waals surface area (Å²) in [4.78, 5) is 37.3. The Balaban J connectivity index is 2.11. The average Bonchev–Trinajstić information content (AvgIpc) is 3.04. The van der Waals surface area contributed by atoms with Crippen LogP contribution in [0.1, 0.15) is 43.0 Å². The van der Waals surface area contributed by atoms with Gasteiger partial charge in [-0.3, -0.25) is 9.59 Å². The summed E-state index contributed by atoms with van der Waals surface area (Å²) in [6, 6.07) is 3.88. The second kappa shape index (κ2) is 7.81. The van der Waals surface area contributed by atoms with Crippen molar-refractivity contribution in [3.63, 3.8) is 0 Å². The van der Waals surface area contributed by atoms with Crippen molar-refractivity contribution in [3.8, 4) is 5.75 Å². The molecule has 1 fully saturated rings. The standard InChI is InChI=1S/C17H22N2O5/c1-3-5-15(20)19-9-4-6-13(19)16(21)18-11-7-8-12(17(22)23)14(10-11)24-2/h7-8,10,13H,3-6,9H2,1-2H3,(H,18,21)(H,22,23). The number of carbonyl (C=O) groups excluding carboxylic acids is 2. The van der Waals surface area contributed by atoms with Crippen molar-refractivity contribution in [2.75, 3.05) is 19.0 Å². The lowest BCUT2D eigenvalue weighted by Gasteiger charge is -2.24. The third-order valence-electron chi connectivity index (χ3n) is 4.04. The van der Waals surface area contributed by atoms with Gasteiger partial charge >= 0.3 is 5.97 Å². The van der Waals surface area contributed by atoms with Gasteiger partial charge in [0.05, 0.1) is 7.11 Å². The molecular formula is C17H22N2O5. The highest BCUT2D eigenvalue weighted by molar-refractivity contribution is 5.98. The van der Waals surface area contributed by atoms with Crippen LogP contribution >= 0.6 is 0 Å². The van der Waals surface area contributed by atoms with E-state index < -0.39 is 12.0 Å². The number of methoxy groups -OCH3 is 1. The molecule has 0 aromatic heterocycles. The van der Waals surface area contributed by atoms with Crippen LogP contribution in [0, 0.1) is 0 Å². The molecule has 1 aliphatic heterocycles. The summed E-state index contributed by atoms with van der Waals surface area (Å²) >= 11 is 0. The summed E-state index contributed by atoms with van der Waals surface area (Å²) in [5, 5.41) is 11.8. The summed E-state index contributed by atoms with van der Waals surface area (Å²) in [7, 11) is 1.37. The minimum absolute atomic E-state index is 0.00560. The Morgan fingerprint density at radius 1 is 1.38 bits per heavy atom. The summed E-state index contributed by atoms with van der Waals surface area (Å²) in [6.07, 6.45) is 2.61. The lowest BCUT2D eigenvalue weighted by Crippen LogP contribution is -2.43. The average molecular weight is 334 g/mol. The molecule has 1 saturated heterocycles. The van der Waals surface area contributed by atoms with Crippen LogP contribution in [0.3, 0.4) is 0 Å². The predicted molar refractivity (Wildman–Crippen MR) is 88.2 cm³/mol. The molecule has 0 spiro atoms. The molecule has 1 atom stereocenters. The van der Waals surface area contributed by atoms with Gasteiger partial charge in [0, 0.05) is 24.7 Å². The maximum Gasteiger partial charge on any atom is 0.339 e. The molecule has 130 valence electrons. The van der Waals surface area contributed by atoms with Crippen molar-refractivity contribution in [2.45, 2.75) is 38.6 Å². The van der Waals surface area contributed by atoms with Crippen molar-refractivity contribution < 1.29 is 24.2 Å². The summed E-state index contributed by atoms with van der Waals surface area (Å²) < 4.78 is 5.05. The highest BCUT2D eigenvalue weighted by Gasteiger charge is 2.33. The van der Waals surface area contributed by atoms with E-state index in [1.54, 1.807) is 4.90 Å². The van der Waals surface area contributed by atoms with E-state index in [4.69, 9.17) is 9.84 Å². The van der Waals surface area contributed by atoms with Crippen LogP contribution in [0.5, 0.6) is 5.75 Å². The number of ether oxygens (including phenoxy) is 1. The first kappa shape index (κ1) is 17.8. The number of hydrogen-bond donors (Lipinski definition) is 2. The van der Waals surface area contributed by atoms with E-state index in [2.05, 4.69) is 5.32 Å². The van der Waals surface area contributed by atoms with Crippen LogP contribution in [0.2, 0.25) is 0 Å². The molecule has 24 heavy (non-hydrogen) atoms. The second-order valence-corrected chi connectivity index (χ2v) is 5.70. The summed E-state index contributed by atoms with van der Waals surface area (Å²) in [5.41, 5.74) is 0.466. The van der Waals surface area contributed by atoms with E-state index in [0.29, 0.717) is 25.1 Å². The molecule has 2 rings (SSSR count). The normalized spacial score (nSPS) is 16.8. The maximum atomic E-state index is 12.5. The lowest BCUT2D eigenvalue weighted by atomic mass is 10.1. The number of hydrogen-bond acceptors (Lipinski definition) is 4. The second-order valence-electron chi connectivity index (χ2n) is 5.70. The van der Waals surface area contributed by atoms with Gasteiger partial charge in [0.2, 0.25) is 11.8 Å². The van der Waals surface area contributed by atoms with Gasteiger partial charge in [-0.05, 0) is 31.4 Å². The van der Waals surface area contributed by atoms with E-state index in [1.165, 1.54) is 25.3 Å². The van der Waals surface area contributed by atoms with E-state index in [9.17, 15) is 14.4 Å². The number of carbonyl (C=O) groups is 3. The number of nitrogens with zero attached hydrogens (tertiary/aromatic N) is 1. The topological polar surface area (TPSA) is 95.9 Å². The number of likely N-dealkylation sites (tertiary alicyclic amines) is 1. The Bertz CT molecular complexity index is 644. The Kier molecular flexibility index (Phi) is 5.78. The molecule has 0 saturated carbocycles. The molecule has 1 aromatic carbocycles. The van der Waals surface area contributed by atoms with Crippen LogP contribution in [0.15, 0.2) is 18.2 Å². The first-order chi connectivity index (χ1) is 11.5. The van der Waals surface area contributed by atoms with Gasteiger partial charge in [-0.25, -0.2) is 4.79 Å². The van der Waals surface area contributed by atoms with Crippen LogP contribution < -0.4 is 10.1 Å². The van der Waals surface area contributed by atoms with E-state index in [0.717, 1.165) is 12.8 Å². The van der Waals surface area contributed by atoms with Gasteiger partial charge < -0.3 is 20.1 Å². The fourth-order valence-electron chi connectivity index (χ4n) is 2.87. The van der Waals surface area contributed by atoms with Gasteiger partial charge in [-0.1, -0.05) is 6.92 Å². The summed E-state index contributed by atoms with van der Waals surface area (Å²) in [5.74, 6) is -1.20. The van der Waals surface area contributed by atoms with Gasteiger partial charge in [-0.2, -0.15) is 0 Å². The molecule has 0 bridgehead atoms. The Labute approximate surface area is 140 Å². The highest BCUT2D eigenvalue weighted by Crippen LogP contribution is 2.25. The Morgan fingerprint density at radius 2 is 2.12 bits per heavy atom. The van der Waals surface area contributed by atoms with Crippen molar-refractivity contribution in [2.24, 2.45) is 0 Å². The SMILES string of the molecule is CCCC(=O)N1CCCC1C(=O)Nc1ccc(C(=O)O)c(OC)c1. The van der Waals surface area contributed by atoms with Crippen molar-refractivity contribution in [1.82, 2.24) is 4.90 Å². The minimum atomic E-state index is -1.10. The van der Waals surface area contributed by atoms with E-state index in [1.807, 2.05) is 6.92 Å². The number of rotatable bonds is 6. The number of carboxylic acid groups (broad SMARTS) is 1. The molecule has 1 aromatic rings. The zero-order valence-electron chi connectivity index (χ0n) is 13.9. The van der Waals surface area contributed by atoms with Crippen LogP contribution in [-0.2, 0) is 9.59 Å². The fourth-order valence-corrected chi connectivity index (χ4v) is 2.87. The third-order valence-corrected chi connectivity index (χ3v) is 4.04. The molecule has 2 N–H and O–H groups in total. The number of aromatic carboxylic acids is 1. The van der Waals surface area contributed by atoms with E-state index in [-0.39, 0.29) is 23.1 Å². The first-order valence-electron chi connectivity index (χ1n) is 7.99. The van der Waals surface area contributed by atoms with Crippen LogP contribution in [-0.4, -0.2) is 47.5 Å². The molecule has 0 radical (unpaired) electrons. The Morgan fingerprint density at radius 3 is 2.75 bits per heavy atom. The van der Waals surface area contributed by atoms with Crippen molar-refractivity contribution in [1.29, 1.82) is 0 Å². The monoisotopic (exact) mass is 334 g/mol. The smallest absolute Gasteiger partial charge is 0.339 e. The number of anilines is 1. The predicted octanol–water partition coefficient (Wildman–Crippen LogP) is 2.12. The van der Waals surface area contributed by atoms with Gasteiger partial charge in [0.1, 0.15) is 17.4 Å². The summed E-state index contributed by atoms with van der Waals surface area (Å²) in [6.45, 7) is 2.53. The molecule has 1 heterocycles. The zero-order chi connectivity index (χ0) is 17.7. The Hall–Kier alpha value is -2.57. The molecule has 7 nitrogen and oxygen atoms in total. The van der Waals surface area contributed by atoms with Crippen molar-refractivity contribution >= 4 is 23.5 Å². The number of carboxylic acids is 1. The van der Waals surface area contributed by atoms with Gasteiger partial charge in [0.25, 0.3) is 0 Å². The lowest BCUT2D eigenvalue weighted by molar-refractivity contribution is -0.136. The van der Waals surface area contributed by atoms with Gasteiger partial charge in [0.15, 0.2) is 0 Å². The number of amides is 2. The molecular weight excluding hydrogens is 312 g/mol. The molecule has 7 heteroatoms. The van der Waals surface area contributed by atoms with Crippen LogP contribution in [0.4, 0.5) is 5.69 Å². The molecule has 1 unspecified atom stereocenters. The van der Waals surface area contributed by atoms with Gasteiger partial charge in [-0.15, -0.1) is 0 Å². The minimum Gasteiger partial charge on any atom is -0.496 e. The maximum absolute atomic E-state index is 12.5. The number of benzene rings is 1. The van der Waals surface area contributed by atoms with E-state index >= 15 is 0 Å². The van der Waals surface area contributed by atoms with Crippen LogP contribution in [0.25, 0.3) is 0 Å². The molecule has 2 amide bonds. The fraction of sp³-hybridized carbons (Fsp3) is 0.471. The van der Waals surface area contributed by atoms with Crippen molar-refractivity contribution in [3.05, 3.63) is 23.8 Å². The highest BCUT2D eigenvalue weighted by atomic mass is 16.5. The molecule has 0 aliphatic carbocycles. The largest absolute Gasteiger partial charge is 0.496 e. The molecule has 1 aliphatic rings. The third kappa shape index (κ3) is 3.84.